The van der Waals surface area contributed by atoms with Gasteiger partial charge in [-0.15, -0.1) is 0 Å². The van der Waals surface area contributed by atoms with Crippen LogP contribution < -0.4 is 4.90 Å². The Morgan fingerprint density at radius 2 is 1.93 bits per heavy atom. The van der Waals surface area contributed by atoms with E-state index >= 15 is 0 Å². The zero-order valence-electron chi connectivity index (χ0n) is 9.18. The third-order valence-corrected chi connectivity index (χ3v) is 2.15. The number of benzene rings is 1. The normalized spacial score (nSPS) is 10.4. The molecule has 1 rings (SSSR count). The van der Waals surface area contributed by atoms with E-state index < -0.39 is 0 Å². The van der Waals surface area contributed by atoms with Gasteiger partial charge in [0, 0.05) is 18.2 Å². The van der Waals surface area contributed by atoms with E-state index in [9.17, 15) is 4.79 Å². The predicted molar refractivity (Wildman–Crippen MR) is 60.7 cm³/mol. The van der Waals surface area contributed by atoms with Crippen molar-refractivity contribution in [3.05, 3.63) is 30.3 Å². The first-order chi connectivity index (χ1) is 7.16. The zero-order valence-corrected chi connectivity index (χ0v) is 9.18. The molecule has 0 aliphatic rings. The van der Waals surface area contributed by atoms with Crippen molar-refractivity contribution in [2.24, 2.45) is 5.92 Å². The average Bonchev–Trinajstić information content (AvgIpc) is 2.26. The minimum Gasteiger partial charge on any atom is -0.395 e. The summed E-state index contributed by atoms with van der Waals surface area (Å²) in [7, 11) is 0. The van der Waals surface area contributed by atoms with Crippen LogP contribution in [0.3, 0.4) is 0 Å². The average molecular weight is 207 g/mol. The summed E-state index contributed by atoms with van der Waals surface area (Å²) in [6, 6.07) is 9.41. The van der Waals surface area contributed by atoms with Crippen LogP contribution in [0.15, 0.2) is 30.3 Å². The number of para-hydroxylation sites is 1. The first-order valence-corrected chi connectivity index (χ1v) is 5.14. The molecule has 0 fully saturated rings. The molecule has 82 valence electrons. The minimum absolute atomic E-state index is 0.0205. The summed E-state index contributed by atoms with van der Waals surface area (Å²) in [6.07, 6.45) is 0. The fourth-order valence-corrected chi connectivity index (χ4v) is 1.39. The van der Waals surface area contributed by atoms with E-state index in [1.807, 2.05) is 44.2 Å². The van der Waals surface area contributed by atoms with Gasteiger partial charge in [-0.2, -0.15) is 0 Å². The summed E-state index contributed by atoms with van der Waals surface area (Å²) < 4.78 is 0. The van der Waals surface area contributed by atoms with Gasteiger partial charge < -0.3 is 10.0 Å². The molecule has 1 amide bonds. The van der Waals surface area contributed by atoms with Gasteiger partial charge in [0.25, 0.3) is 0 Å². The maximum Gasteiger partial charge on any atom is 0.229 e. The van der Waals surface area contributed by atoms with Crippen LogP contribution in [0.25, 0.3) is 0 Å². The van der Waals surface area contributed by atoms with E-state index in [-0.39, 0.29) is 18.4 Å². The van der Waals surface area contributed by atoms with Crippen LogP contribution in [0, 0.1) is 5.92 Å². The number of rotatable bonds is 4. The molecule has 3 nitrogen and oxygen atoms in total. The molecule has 0 bridgehead atoms. The summed E-state index contributed by atoms with van der Waals surface area (Å²) in [5.74, 6) is -0.0213. The highest BCUT2D eigenvalue weighted by Gasteiger charge is 2.17. The smallest absolute Gasteiger partial charge is 0.229 e. The van der Waals surface area contributed by atoms with Crippen LogP contribution in [0.2, 0.25) is 0 Å². The lowest BCUT2D eigenvalue weighted by Crippen LogP contribution is -2.36. The van der Waals surface area contributed by atoms with Gasteiger partial charge in [-0.3, -0.25) is 4.79 Å². The van der Waals surface area contributed by atoms with Crippen molar-refractivity contribution >= 4 is 11.6 Å². The molecule has 15 heavy (non-hydrogen) atoms. The molecule has 0 saturated carbocycles. The highest BCUT2D eigenvalue weighted by molar-refractivity contribution is 5.94. The van der Waals surface area contributed by atoms with Gasteiger partial charge in [0.05, 0.1) is 6.61 Å². The van der Waals surface area contributed by atoms with Crippen molar-refractivity contribution in [3.63, 3.8) is 0 Å². The fraction of sp³-hybridized carbons (Fsp3) is 0.417. The van der Waals surface area contributed by atoms with Crippen molar-refractivity contribution in [1.82, 2.24) is 0 Å². The number of anilines is 1. The van der Waals surface area contributed by atoms with Gasteiger partial charge >= 0.3 is 0 Å². The van der Waals surface area contributed by atoms with Crippen LogP contribution in [0.4, 0.5) is 5.69 Å². The van der Waals surface area contributed by atoms with Crippen molar-refractivity contribution in [1.29, 1.82) is 0 Å². The molecule has 0 heterocycles. The van der Waals surface area contributed by atoms with E-state index in [0.29, 0.717) is 6.54 Å². The molecule has 0 unspecified atom stereocenters. The van der Waals surface area contributed by atoms with Gasteiger partial charge in [-0.25, -0.2) is 0 Å². The van der Waals surface area contributed by atoms with Crippen molar-refractivity contribution < 1.29 is 9.90 Å². The maximum atomic E-state index is 11.8. The Balaban J connectivity index is 2.88. The first-order valence-electron chi connectivity index (χ1n) is 5.14. The van der Waals surface area contributed by atoms with Crippen LogP contribution in [0.5, 0.6) is 0 Å². The monoisotopic (exact) mass is 207 g/mol. The highest BCUT2D eigenvalue weighted by atomic mass is 16.3. The standard InChI is InChI=1S/C12H17NO2/c1-10(2)12(15)13(8-9-14)11-6-4-3-5-7-11/h3-7,10,14H,8-9H2,1-2H3. The topological polar surface area (TPSA) is 40.5 Å². The van der Waals surface area contributed by atoms with E-state index in [1.165, 1.54) is 0 Å². The summed E-state index contributed by atoms with van der Waals surface area (Å²) in [4.78, 5) is 13.5. The Morgan fingerprint density at radius 3 is 2.40 bits per heavy atom. The Labute approximate surface area is 90.3 Å². The zero-order chi connectivity index (χ0) is 11.3. The number of hydrogen-bond donors (Lipinski definition) is 1. The van der Waals surface area contributed by atoms with Gasteiger partial charge in [-0.1, -0.05) is 32.0 Å². The van der Waals surface area contributed by atoms with Gasteiger partial charge in [0.1, 0.15) is 0 Å². The summed E-state index contributed by atoms with van der Waals surface area (Å²) >= 11 is 0. The molecular formula is C12H17NO2. The number of amides is 1. The Morgan fingerprint density at radius 1 is 1.33 bits per heavy atom. The minimum atomic E-state index is -0.0586. The summed E-state index contributed by atoms with van der Waals surface area (Å²) in [5.41, 5.74) is 0.838. The molecule has 0 aliphatic heterocycles. The van der Waals surface area contributed by atoms with Gasteiger partial charge in [0.15, 0.2) is 0 Å². The largest absolute Gasteiger partial charge is 0.395 e. The Kier molecular flexibility index (Phi) is 4.31. The molecule has 0 radical (unpaired) electrons. The van der Waals surface area contributed by atoms with Crippen molar-refractivity contribution in [3.8, 4) is 0 Å². The molecular weight excluding hydrogens is 190 g/mol. The second-order valence-corrected chi connectivity index (χ2v) is 3.70. The summed E-state index contributed by atoms with van der Waals surface area (Å²) in [6.45, 7) is 4.04. The number of aliphatic hydroxyl groups excluding tert-OH is 1. The highest BCUT2D eigenvalue weighted by Crippen LogP contribution is 2.15. The molecule has 0 aliphatic carbocycles. The molecule has 0 atom stereocenters. The third-order valence-electron chi connectivity index (χ3n) is 2.15. The van der Waals surface area contributed by atoms with E-state index in [0.717, 1.165) is 5.69 Å². The summed E-state index contributed by atoms with van der Waals surface area (Å²) in [5, 5.41) is 8.93. The van der Waals surface area contributed by atoms with Crippen LogP contribution in [-0.2, 0) is 4.79 Å². The van der Waals surface area contributed by atoms with Crippen molar-refractivity contribution in [2.75, 3.05) is 18.1 Å². The quantitative estimate of drug-likeness (QED) is 0.815. The third kappa shape index (κ3) is 3.06. The van der Waals surface area contributed by atoms with Crippen molar-refractivity contribution in [2.45, 2.75) is 13.8 Å². The molecule has 3 heteroatoms. The second-order valence-electron chi connectivity index (χ2n) is 3.70. The number of carbonyl (C=O) groups is 1. The Bertz CT molecular complexity index is 309. The lowest BCUT2D eigenvalue weighted by atomic mass is 10.1. The first kappa shape index (κ1) is 11.7. The van der Waals surface area contributed by atoms with Crippen LogP contribution in [0.1, 0.15) is 13.8 Å². The molecule has 1 aromatic carbocycles. The van der Waals surface area contributed by atoms with Crippen LogP contribution >= 0.6 is 0 Å². The SMILES string of the molecule is CC(C)C(=O)N(CCO)c1ccccc1. The number of hydrogen-bond acceptors (Lipinski definition) is 2. The van der Waals surface area contributed by atoms with Gasteiger partial charge in [0.2, 0.25) is 5.91 Å². The molecule has 1 aromatic rings. The second kappa shape index (κ2) is 5.51. The van der Waals surface area contributed by atoms with E-state index in [4.69, 9.17) is 5.11 Å². The Hall–Kier alpha value is -1.35. The number of nitrogens with zero attached hydrogens (tertiary/aromatic N) is 1. The molecule has 0 aromatic heterocycles. The number of carbonyl (C=O) groups excluding carboxylic acids is 1. The molecule has 0 saturated heterocycles. The predicted octanol–water partition coefficient (Wildman–Crippen LogP) is 1.67. The fourth-order valence-electron chi connectivity index (χ4n) is 1.39. The molecule has 1 N–H and O–H groups in total. The van der Waals surface area contributed by atoms with E-state index in [2.05, 4.69) is 0 Å². The molecule has 0 spiro atoms. The lowest BCUT2D eigenvalue weighted by molar-refractivity contribution is -0.121. The lowest BCUT2D eigenvalue weighted by Gasteiger charge is -2.23. The number of aliphatic hydroxyl groups is 1. The van der Waals surface area contributed by atoms with Crippen LogP contribution in [-0.4, -0.2) is 24.2 Å². The van der Waals surface area contributed by atoms with E-state index in [1.54, 1.807) is 4.90 Å². The van der Waals surface area contributed by atoms with Gasteiger partial charge in [-0.05, 0) is 12.1 Å². The maximum absolute atomic E-state index is 11.8.